The number of hydrogen-bond donors (Lipinski definition) is 2. The third-order valence-electron chi connectivity index (χ3n) is 2.50. The van der Waals surface area contributed by atoms with Crippen LogP contribution in [-0.2, 0) is 4.79 Å². The smallest absolute Gasteiger partial charge is 0.255 e. The van der Waals surface area contributed by atoms with Crippen LogP contribution in [0.1, 0.15) is 13.8 Å². The number of nitrogen functional groups attached to an aromatic ring is 1. The molecule has 3 heteroatoms. The molecule has 0 aliphatic rings. The molecule has 0 saturated carbocycles. The van der Waals surface area contributed by atoms with Gasteiger partial charge in [0, 0.05) is 5.57 Å². The summed E-state index contributed by atoms with van der Waals surface area (Å²) in [7, 11) is 0. The number of carbonyl (C=O) groups is 1. The van der Waals surface area contributed by atoms with Gasteiger partial charge in [0.05, 0.1) is 11.4 Å². The van der Waals surface area contributed by atoms with Crippen LogP contribution in [0.15, 0.2) is 60.2 Å². The normalized spacial score (nSPS) is 11.6. The van der Waals surface area contributed by atoms with Gasteiger partial charge in [-0.05, 0) is 32.1 Å². The van der Waals surface area contributed by atoms with Gasteiger partial charge in [-0.1, -0.05) is 36.4 Å². The number of nitrogens with one attached hydrogen (secondary N) is 1. The van der Waals surface area contributed by atoms with Gasteiger partial charge >= 0.3 is 0 Å². The Kier molecular flexibility index (Phi) is 4.93. The molecular formula is C15H18N2O. The summed E-state index contributed by atoms with van der Waals surface area (Å²) in [6.45, 7) is 7.61. The lowest BCUT2D eigenvalue weighted by Crippen LogP contribution is -2.13. The first kappa shape index (κ1) is 13.8. The van der Waals surface area contributed by atoms with Crippen molar-refractivity contribution in [2.24, 2.45) is 0 Å². The fourth-order valence-corrected chi connectivity index (χ4v) is 1.22. The van der Waals surface area contributed by atoms with Crippen LogP contribution in [0.2, 0.25) is 0 Å². The zero-order valence-electron chi connectivity index (χ0n) is 10.7. The van der Waals surface area contributed by atoms with E-state index < -0.39 is 0 Å². The number of amides is 1. The third kappa shape index (κ3) is 3.94. The lowest BCUT2D eigenvalue weighted by atomic mass is 10.2. The molecule has 0 heterocycles. The molecule has 0 unspecified atom stereocenters. The molecule has 1 aromatic carbocycles. The molecule has 0 atom stereocenters. The molecule has 3 nitrogen and oxygen atoms in total. The van der Waals surface area contributed by atoms with Gasteiger partial charge in [0.25, 0.3) is 5.91 Å². The second-order valence-corrected chi connectivity index (χ2v) is 3.93. The van der Waals surface area contributed by atoms with Crippen LogP contribution in [0.5, 0.6) is 0 Å². The summed E-state index contributed by atoms with van der Waals surface area (Å²) in [6, 6.07) is 7.11. The second kappa shape index (κ2) is 6.45. The van der Waals surface area contributed by atoms with E-state index in [0.29, 0.717) is 16.9 Å². The Morgan fingerprint density at radius 3 is 2.61 bits per heavy atom. The molecule has 0 fully saturated rings. The van der Waals surface area contributed by atoms with E-state index in [1.165, 1.54) is 0 Å². The van der Waals surface area contributed by atoms with Gasteiger partial charge in [0.2, 0.25) is 0 Å². The van der Waals surface area contributed by atoms with Gasteiger partial charge in [-0.3, -0.25) is 4.79 Å². The van der Waals surface area contributed by atoms with Crippen molar-refractivity contribution in [2.75, 3.05) is 11.1 Å². The Bertz CT molecular complexity index is 513. The molecule has 0 aromatic heterocycles. The highest BCUT2D eigenvalue weighted by Crippen LogP contribution is 2.17. The molecule has 1 aromatic rings. The van der Waals surface area contributed by atoms with Crippen molar-refractivity contribution in [1.29, 1.82) is 0 Å². The molecule has 0 radical (unpaired) electrons. The van der Waals surface area contributed by atoms with Gasteiger partial charge in [0.1, 0.15) is 0 Å². The maximum atomic E-state index is 11.8. The van der Waals surface area contributed by atoms with Gasteiger partial charge in [0.15, 0.2) is 0 Å². The summed E-state index contributed by atoms with van der Waals surface area (Å²) in [4.78, 5) is 11.8. The topological polar surface area (TPSA) is 55.1 Å². The number of allylic oxidation sites excluding steroid dienone is 3. The van der Waals surface area contributed by atoms with E-state index in [9.17, 15) is 4.79 Å². The fourth-order valence-electron chi connectivity index (χ4n) is 1.22. The van der Waals surface area contributed by atoms with Gasteiger partial charge < -0.3 is 11.1 Å². The van der Waals surface area contributed by atoms with Crippen LogP contribution in [-0.4, -0.2) is 5.91 Å². The lowest BCUT2D eigenvalue weighted by Gasteiger charge is -2.07. The van der Waals surface area contributed by atoms with E-state index in [1.807, 2.05) is 38.1 Å². The summed E-state index contributed by atoms with van der Waals surface area (Å²) in [5, 5.41) is 2.72. The maximum Gasteiger partial charge on any atom is 0.255 e. The number of nitrogens with two attached hydrogens (primary N) is 1. The lowest BCUT2D eigenvalue weighted by molar-refractivity contribution is -0.112. The summed E-state index contributed by atoms with van der Waals surface area (Å²) >= 11 is 0. The molecule has 0 spiro atoms. The first-order valence-corrected chi connectivity index (χ1v) is 5.70. The van der Waals surface area contributed by atoms with Crippen LogP contribution in [0.3, 0.4) is 0 Å². The number of anilines is 2. The Balaban J connectivity index is 2.70. The third-order valence-corrected chi connectivity index (χ3v) is 2.50. The molecule has 18 heavy (non-hydrogen) atoms. The molecule has 0 saturated heterocycles. The Morgan fingerprint density at radius 1 is 1.33 bits per heavy atom. The monoisotopic (exact) mass is 242 g/mol. The minimum Gasteiger partial charge on any atom is -0.397 e. The summed E-state index contributed by atoms with van der Waals surface area (Å²) < 4.78 is 0. The van der Waals surface area contributed by atoms with E-state index in [0.717, 1.165) is 5.57 Å². The standard InChI is InChI=1S/C15H18N2O/c1-4-11(2)9-10-12(3)15(18)17-14-8-6-5-7-13(14)16/h4-10H,3,16H2,1-2H3,(H,17,18)/b10-9-,11-4-. The molecule has 1 rings (SSSR count). The highest BCUT2D eigenvalue weighted by atomic mass is 16.1. The molecule has 1 amide bonds. The molecule has 94 valence electrons. The second-order valence-electron chi connectivity index (χ2n) is 3.93. The molecule has 0 aliphatic carbocycles. The average molecular weight is 242 g/mol. The Labute approximate surface area is 108 Å². The Hall–Kier alpha value is -2.29. The highest BCUT2D eigenvalue weighted by molar-refractivity contribution is 6.06. The summed E-state index contributed by atoms with van der Waals surface area (Å²) in [5.74, 6) is -0.256. The number of benzene rings is 1. The van der Waals surface area contributed by atoms with E-state index in [4.69, 9.17) is 5.73 Å². The van der Waals surface area contributed by atoms with E-state index in [2.05, 4.69) is 11.9 Å². The minimum atomic E-state index is -0.256. The van der Waals surface area contributed by atoms with Crippen molar-refractivity contribution in [3.05, 3.63) is 60.2 Å². The zero-order chi connectivity index (χ0) is 13.5. The van der Waals surface area contributed by atoms with Crippen molar-refractivity contribution >= 4 is 17.3 Å². The van der Waals surface area contributed by atoms with Crippen molar-refractivity contribution in [3.63, 3.8) is 0 Å². The molecule has 3 N–H and O–H groups in total. The van der Waals surface area contributed by atoms with E-state index in [-0.39, 0.29) is 5.91 Å². The molecule has 0 bridgehead atoms. The quantitative estimate of drug-likeness (QED) is 0.483. The van der Waals surface area contributed by atoms with E-state index in [1.54, 1.807) is 18.2 Å². The molecule has 0 aliphatic heterocycles. The highest BCUT2D eigenvalue weighted by Gasteiger charge is 2.05. The van der Waals surface area contributed by atoms with E-state index >= 15 is 0 Å². The van der Waals surface area contributed by atoms with Crippen molar-refractivity contribution < 1.29 is 4.79 Å². The van der Waals surface area contributed by atoms with Gasteiger partial charge in [-0.15, -0.1) is 0 Å². The predicted molar refractivity (Wildman–Crippen MR) is 77.2 cm³/mol. The first-order valence-electron chi connectivity index (χ1n) is 5.70. The Morgan fingerprint density at radius 2 is 2.00 bits per heavy atom. The van der Waals surface area contributed by atoms with Crippen molar-refractivity contribution in [1.82, 2.24) is 0 Å². The maximum absolute atomic E-state index is 11.8. The zero-order valence-corrected chi connectivity index (χ0v) is 10.7. The SMILES string of the molecule is C=C(/C=C\C(C)=C/C)C(=O)Nc1ccccc1N. The number of para-hydroxylation sites is 2. The summed E-state index contributed by atoms with van der Waals surface area (Å²) in [6.07, 6.45) is 5.48. The molecular weight excluding hydrogens is 224 g/mol. The number of carbonyl (C=O) groups excluding carboxylic acids is 1. The number of hydrogen-bond acceptors (Lipinski definition) is 2. The fraction of sp³-hybridized carbons (Fsp3) is 0.133. The van der Waals surface area contributed by atoms with Crippen LogP contribution in [0.25, 0.3) is 0 Å². The van der Waals surface area contributed by atoms with Crippen LogP contribution in [0.4, 0.5) is 11.4 Å². The summed E-state index contributed by atoms with van der Waals surface area (Å²) in [5.41, 5.74) is 8.33. The van der Waals surface area contributed by atoms with Crippen LogP contribution >= 0.6 is 0 Å². The average Bonchev–Trinajstić information content (AvgIpc) is 2.38. The minimum absolute atomic E-state index is 0.256. The first-order chi connectivity index (χ1) is 8.54. The largest absolute Gasteiger partial charge is 0.397 e. The van der Waals surface area contributed by atoms with Crippen molar-refractivity contribution in [3.8, 4) is 0 Å². The predicted octanol–water partition coefficient (Wildman–Crippen LogP) is 3.29. The van der Waals surface area contributed by atoms with Crippen LogP contribution in [0, 0.1) is 0 Å². The number of rotatable bonds is 4. The van der Waals surface area contributed by atoms with Crippen molar-refractivity contribution in [2.45, 2.75) is 13.8 Å². The van der Waals surface area contributed by atoms with Crippen LogP contribution < -0.4 is 11.1 Å². The van der Waals surface area contributed by atoms with Gasteiger partial charge in [-0.2, -0.15) is 0 Å². The van der Waals surface area contributed by atoms with Gasteiger partial charge in [-0.25, -0.2) is 0 Å².